The van der Waals surface area contributed by atoms with Gasteiger partial charge in [0, 0.05) is 16.9 Å². The molecule has 1 aliphatic rings. The number of imide groups is 1. The van der Waals surface area contributed by atoms with E-state index in [4.69, 9.17) is 9.72 Å². The normalized spacial score (nSPS) is 15.8. The smallest absolute Gasteiger partial charge is 0.414 e. The van der Waals surface area contributed by atoms with Crippen LogP contribution < -0.4 is 5.32 Å². The third-order valence-corrected chi connectivity index (χ3v) is 6.27. The summed E-state index contributed by atoms with van der Waals surface area (Å²) in [5.41, 5.74) is 4.77. The fourth-order valence-corrected chi connectivity index (χ4v) is 4.58. The molecule has 4 rings (SSSR count). The highest BCUT2D eigenvalue weighted by atomic mass is 32.1. The molecular formula is C24H24N2O3S. The largest absolute Gasteiger partial charge is 0.436 e. The summed E-state index contributed by atoms with van der Waals surface area (Å²) in [6, 6.07) is 18.9. The number of hydrogen-bond donors (Lipinski definition) is 1. The van der Waals surface area contributed by atoms with E-state index in [0.717, 1.165) is 31.4 Å². The molecule has 1 N–H and O–H groups in total. The van der Waals surface area contributed by atoms with Crippen LogP contribution in [0.4, 0.5) is 4.79 Å². The van der Waals surface area contributed by atoms with E-state index in [1.807, 2.05) is 18.2 Å². The van der Waals surface area contributed by atoms with E-state index in [1.54, 1.807) is 11.3 Å². The van der Waals surface area contributed by atoms with Gasteiger partial charge in [0.25, 0.3) is 5.91 Å². The molecule has 1 saturated heterocycles. The Bertz CT molecular complexity index is 1030. The predicted octanol–water partition coefficient (Wildman–Crippen LogP) is 4.86. The number of aryl methyl sites for hydroxylation is 4. The number of cyclic esters (lactones) is 1. The number of thiazole rings is 1. The van der Waals surface area contributed by atoms with Gasteiger partial charge in [-0.2, -0.15) is 0 Å². The molecule has 2 heterocycles. The number of nitrogens with zero attached hydrogens (tertiary/aromatic N) is 1. The number of alkyl carbamates (subject to hydrolysis) is 1. The number of amides is 2. The van der Waals surface area contributed by atoms with E-state index < -0.39 is 12.2 Å². The number of hydrogen-bond acceptors (Lipinski definition) is 5. The second-order valence-corrected chi connectivity index (χ2v) is 8.76. The molecule has 3 aromatic rings. The summed E-state index contributed by atoms with van der Waals surface area (Å²) in [5, 5.41) is 3.33. The summed E-state index contributed by atoms with van der Waals surface area (Å²) >= 11 is 1.78. The lowest BCUT2D eigenvalue weighted by Gasteiger charge is -2.07. The first kappa shape index (κ1) is 20.3. The van der Waals surface area contributed by atoms with Crippen LogP contribution in [0, 0.1) is 6.92 Å². The van der Waals surface area contributed by atoms with Gasteiger partial charge in [0.1, 0.15) is 0 Å². The van der Waals surface area contributed by atoms with Gasteiger partial charge in [-0.25, -0.2) is 9.78 Å². The van der Waals surface area contributed by atoms with Gasteiger partial charge in [-0.05, 0) is 43.7 Å². The SMILES string of the molecule is Cc1sc(CCc2ccc(CCCC3OC(=O)NC3=O)cc2)nc1-c1ccccc1. The van der Waals surface area contributed by atoms with Gasteiger partial charge in [0.2, 0.25) is 0 Å². The lowest BCUT2D eigenvalue weighted by Crippen LogP contribution is -2.24. The van der Waals surface area contributed by atoms with Gasteiger partial charge in [0.15, 0.2) is 6.10 Å². The maximum atomic E-state index is 11.5. The first-order valence-corrected chi connectivity index (χ1v) is 11.0. The van der Waals surface area contributed by atoms with Gasteiger partial charge in [-0.15, -0.1) is 11.3 Å². The first-order valence-electron chi connectivity index (χ1n) is 10.2. The van der Waals surface area contributed by atoms with Crippen LogP contribution in [0.2, 0.25) is 0 Å². The second kappa shape index (κ2) is 9.22. The highest BCUT2D eigenvalue weighted by molar-refractivity contribution is 7.12. The molecule has 30 heavy (non-hydrogen) atoms. The van der Waals surface area contributed by atoms with E-state index in [9.17, 15) is 9.59 Å². The highest BCUT2D eigenvalue weighted by Gasteiger charge is 2.31. The van der Waals surface area contributed by atoms with E-state index >= 15 is 0 Å². The number of carbonyl (C=O) groups excluding carboxylic acids is 2. The fraction of sp³-hybridized carbons (Fsp3) is 0.292. The molecule has 0 spiro atoms. The van der Waals surface area contributed by atoms with E-state index in [1.165, 1.54) is 26.6 Å². The molecule has 6 heteroatoms. The first-order chi connectivity index (χ1) is 14.6. The Morgan fingerprint density at radius 1 is 0.967 bits per heavy atom. The Morgan fingerprint density at radius 3 is 2.33 bits per heavy atom. The van der Waals surface area contributed by atoms with Crippen LogP contribution in [0.15, 0.2) is 54.6 Å². The minimum absolute atomic E-state index is 0.330. The van der Waals surface area contributed by atoms with E-state index in [2.05, 4.69) is 48.6 Å². The van der Waals surface area contributed by atoms with Gasteiger partial charge >= 0.3 is 6.09 Å². The molecule has 1 unspecified atom stereocenters. The van der Waals surface area contributed by atoms with Crippen molar-refractivity contribution in [2.24, 2.45) is 0 Å². The van der Waals surface area contributed by atoms with Crippen molar-refractivity contribution < 1.29 is 14.3 Å². The average molecular weight is 421 g/mol. The minimum Gasteiger partial charge on any atom is -0.436 e. The number of carbonyl (C=O) groups is 2. The number of nitrogens with one attached hydrogen (secondary N) is 1. The number of benzene rings is 2. The highest BCUT2D eigenvalue weighted by Crippen LogP contribution is 2.28. The molecule has 1 aliphatic heterocycles. The number of ether oxygens (including phenoxy) is 1. The third-order valence-electron chi connectivity index (χ3n) is 5.24. The zero-order valence-corrected chi connectivity index (χ0v) is 17.7. The topological polar surface area (TPSA) is 68.3 Å². The van der Waals surface area contributed by atoms with E-state index in [-0.39, 0.29) is 5.91 Å². The summed E-state index contributed by atoms with van der Waals surface area (Å²) < 4.78 is 4.94. The maximum Gasteiger partial charge on any atom is 0.414 e. The quantitative estimate of drug-likeness (QED) is 0.565. The third kappa shape index (κ3) is 4.94. The zero-order chi connectivity index (χ0) is 20.9. The Morgan fingerprint density at radius 2 is 1.67 bits per heavy atom. The van der Waals surface area contributed by atoms with Crippen molar-refractivity contribution in [2.75, 3.05) is 0 Å². The van der Waals surface area contributed by atoms with Gasteiger partial charge < -0.3 is 4.74 Å². The molecule has 5 nitrogen and oxygen atoms in total. The van der Waals surface area contributed by atoms with Crippen LogP contribution in [-0.4, -0.2) is 23.1 Å². The Labute approximate surface area is 180 Å². The summed E-state index contributed by atoms with van der Waals surface area (Å²) in [4.78, 5) is 28.6. The lowest BCUT2D eigenvalue weighted by molar-refractivity contribution is -0.123. The van der Waals surface area contributed by atoms with Crippen molar-refractivity contribution in [3.05, 3.63) is 75.6 Å². The molecular weight excluding hydrogens is 396 g/mol. The molecule has 0 saturated carbocycles. The van der Waals surface area contributed by atoms with Crippen molar-refractivity contribution in [3.63, 3.8) is 0 Å². The van der Waals surface area contributed by atoms with Crippen LogP contribution in [-0.2, 0) is 28.8 Å². The maximum absolute atomic E-state index is 11.5. The van der Waals surface area contributed by atoms with Crippen molar-refractivity contribution in [2.45, 2.75) is 45.1 Å². The Kier molecular flexibility index (Phi) is 6.23. The van der Waals surface area contributed by atoms with Gasteiger partial charge in [-0.3, -0.25) is 10.1 Å². The zero-order valence-electron chi connectivity index (χ0n) is 16.9. The van der Waals surface area contributed by atoms with Crippen LogP contribution in [0.1, 0.15) is 33.9 Å². The fourth-order valence-electron chi connectivity index (χ4n) is 3.62. The second-order valence-electron chi connectivity index (χ2n) is 7.47. The van der Waals surface area contributed by atoms with E-state index in [0.29, 0.717) is 6.42 Å². The van der Waals surface area contributed by atoms with Crippen LogP contribution >= 0.6 is 11.3 Å². The van der Waals surface area contributed by atoms with Gasteiger partial charge in [0.05, 0.1) is 10.7 Å². The Hall–Kier alpha value is -2.99. The van der Waals surface area contributed by atoms with Crippen molar-refractivity contribution >= 4 is 23.3 Å². The molecule has 1 aromatic heterocycles. The molecule has 2 amide bonds. The van der Waals surface area contributed by atoms with Gasteiger partial charge in [-0.1, -0.05) is 54.6 Å². The minimum atomic E-state index is -0.640. The Balaban J connectivity index is 1.27. The molecule has 0 radical (unpaired) electrons. The standard InChI is InChI=1S/C24H24N2O3S/c1-16-22(19-7-3-2-4-8-19)25-21(30-16)15-14-18-12-10-17(11-13-18)6-5-9-20-23(27)26-24(28)29-20/h2-4,7-8,10-13,20H,5-6,9,14-15H2,1H3,(H,26,27,28). The summed E-state index contributed by atoms with van der Waals surface area (Å²) in [7, 11) is 0. The lowest BCUT2D eigenvalue weighted by atomic mass is 10.0. The molecule has 154 valence electrons. The predicted molar refractivity (Wildman–Crippen MR) is 117 cm³/mol. The summed E-state index contributed by atoms with van der Waals surface area (Å²) in [5.74, 6) is -0.330. The van der Waals surface area contributed by atoms with Crippen molar-refractivity contribution in [1.82, 2.24) is 10.3 Å². The molecule has 0 aliphatic carbocycles. The summed E-state index contributed by atoms with van der Waals surface area (Å²) in [6.07, 6.45) is 2.81. The molecule has 2 aromatic carbocycles. The summed E-state index contributed by atoms with van der Waals surface area (Å²) in [6.45, 7) is 2.13. The molecule has 0 bridgehead atoms. The monoisotopic (exact) mass is 420 g/mol. The number of aromatic nitrogens is 1. The molecule has 1 atom stereocenters. The number of rotatable bonds is 8. The average Bonchev–Trinajstić information content (AvgIpc) is 3.29. The van der Waals surface area contributed by atoms with Crippen LogP contribution in [0.3, 0.4) is 0 Å². The van der Waals surface area contributed by atoms with Crippen molar-refractivity contribution in [1.29, 1.82) is 0 Å². The van der Waals surface area contributed by atoms with Crippen LogP contribution in [0.5, 0.6) is 0 Å². The molecule has 1 fully saturated rings. The van der Waals surface area contributed by atoms with Crippen molar-refractivity contribution in [3.8, 4) is 11.3 Å². The van der Waals surface area contributed by atoms with Crippen LogP contribution in [0.25, 0.3) is 11.3 Å².